The number of carbonyl (C=O) groups excluding carboxylic acids is 1. The van der Waals surface area contributed by atoms with Crippen LogP contribution in [0.15, 0.2) is 0 Å². The number of aliphatic hydroxyl groups is 1. The van der Waals surface area contributed by atoms with Gasteiger partial charge in [0.25, 0.3) is 0 Å². The number of nitrogens with one attached hydrogen (secondary N) is 1. The fourth-order valence-electron chi connectivity index (χ4n) is 0.925. The highest BCUT2D eigenvalue weighted by molar-refractivity contribution is 5.85. The van der Waals surface area contributed by atoms with E-state index in [1.54, 1.807) is 0 Å². The van der Waals surface area contributed by atoms with Gasteiger partial charge in [0.1, 0.15) is 12.1 Å². The van der Waals surface area contributed by atoms with E-state index in [9.17, 15) is 14.7 Å². The molecule has 2 atom stereocenters. The molecule has 5 nitrogen and oxygen atoms in total. The smallest absolute Gasteiger partial charge is 0.325 e. The quantitative estimate of drug-likeness (QED) is 0.586. The number of hydrogen-bond donors (Lipinski definition) is 3. The van der Waals surface area contributed by atoms with Gasteiger partial charge in [-0.3, -0.25) is 9.59 Å². The number of carboxylic acids is 1. The zero-order chi connectivity index (χ0) is 11.3. The minimum absolute atomic E-state index is 0.191. The number of rotatable bonds is 5. The summed E-state index contributed by atoms with van der Waals surface area (Å²) in [5, 5.41) is 20.0. The highest BCUT2D eigenvalue weighted by Gasteiger charge is 2.20. The summed E-state index contributed by atoms with van der Waals surface area (Å²) in [6, 6.07) is -0.968. The van der Waals surface area contributed by atoms with Crippen LogP contribution < -0.4 is 5.32 Å². The number of aliphatic carboxylic acids is 1. The van der Waals surface area contributed by atoms with Gasteiger partial charge in [-0.15, -0.1) is 0 Å². The lowest BCUT2D eigenvalue weighted by atomic mass is 10.1. The van der Waals surface area contributed by atoms with Gasteiger partial charge in [-0.2, -0.15) is 0 Å². The molecule has 0 aromatic carbocycles. The summed E-state index contributed by atoms with van der Waals surface area (Å²) in [7, 11) is 0. The molecule has 5 heteroatoms. The Labute approximate surface area is 83.1 Å². The summed E-state index contributed by atoms with van der Waals surface area (Å²) in [6.45, 7) is 5.09. The maximum atomic E-state index is 11.2. The summed E-state index contributed by atoms with van der Waals surface area (Å²) in [5.41, 5.74) is 0. The number of hydrogen-bond acceptors (Lipinski definition) is 3. The van der Waals surface area contributed by atoms with Gasteiger partial charge in [0.05, 0.1) is 0 Å². The second kappa shape index (κ2) is 5.59. The molecule has 3 N–H and O–H groups in total. The standard InChI is InChI=1S/C9H17NO4/c1-5(2)4-7(11)8(12)10-6(3)9(13)14/h5-7,11H,4H2,1-3H3,(H,10,12)(H,13,14)/t6-,7+/m0/s1. The molecule has 0 spiro atoms. The van der Waals surface area contributed by atoms with E-state index in [2.05, 4.69) is 5.32 Å². The summed E-state index contributed by atoms with van der Waals surface area (Å²) in [5.74, 6) is -1.56. The third-order valence-corrected chi connectivity index (χ3v) is 1.73. The van der Waals surface area contributed by atoms with Gasteiger partial charge in [-0.25, -0.2) is 0 Å². The molecule has 0 rings (SSSR count). The molecule has 0 heterocycles. The van der Waals surface area contributed by atoms with Crippen molar-refractivity contribution in [2.75, 3.05) is 0 Å². The van der Waals surface area contributed by atoms with Crippen LogP contribution >= 0.6 is 0 Å². The van der Waals surface area contributed by atoms with E-state index >= 15 is 0 Å². The lowest BCUT2D eigenvalue weighted by Crippen LogP contribution is -2.44. The second-order valence-corrected chi connectivity index (χ2v) is 3.71. The summed E-state index contributed by atoms with van der Waals surface area (Å²) >= 11 is 0. The Morgan fingerprint density at radius 3 is 2.14 bits per heavy atom. The molecule has 14 heavy (non-hydrogen) atoms. The van der Waals surface area contributed by atoms with E-state index in [-0.39, 0.29) is 5.92 Å². The van der Waals surface area contributed by atoms with Crippen molar-refractivity contribution < 1.29 is 19.8 Å². The molecule has 0 fully saturated rings. The Bertz CT molecular complexity index is 215. The molecule has 0 aliphatic heterocycles. The first-order chi connectivity index (χ1) is 6.34. The molecule has 82 valence electrons. The second-order valence-electron chi connectivity index (χ2n) is 3.71. The monoisotopic (exact) mass is 203 g/mol. The van der Waals surface area contributed by atoms with Crippen LogP contribution in [-0.4, -0.2) is 34.2 Å². The Morgan fingerprint density at radius 1 is 1.29 bits per heavy atom. The molecule has 0 bridgehead atoms. The average Bonchev–Trinajstić information content (AvgIpc) is 2.02. The topological polar surface area (TPSA) is 86.6 Å². The third kappa shape index (κ3) is 4.81. The molecule has 0 radical (unpaired) electrons. The van der Waals surface area contributed by atoms with Crippen molar-refractivity contribution in [3.8, 4) is 0 Å². The Morgan fingerprint density at radius 2 is 1.79 bits per heavy atom. The van der Waals surface area contributed by atoms with Crippen LogP contribution in [0.2, 0.25) is 0 Å². The Hall–Kier alpha value is -1.10. The van der Waals surface area contributed by atoms with E-state index in [0.29, 0.717) is 6.42 Å². The normalized spacial score (nSPS) is 14.9. The molecule has 0 saturated heterocycles. The fraction of sp³-hybridized carbons (Fsp3) is 0.778. The van der Waals surface area contributed by atoms with Crippen molar-refractivity contribution in [3.63, 3.8) is 0 Å². The van der Waals surface area contributed by atoms with Crippen molar-refractivity contribution in [2.45, 2.75) is 39.3 Å². The van der Waals surface area contributed by atoms with Gasteiger partial charge in [0.2, 0.25) is 5.91 Å². The maximum Gasteiger partial charge on any atom is 0.325 e. The molecular formula is C9H17NO4. The molecule has 0 saturated carbocycles. The predicted molar refractivity (Wildman–Crippen MR) is 50.7 cm³/mol. The van der Waals surface area contributed by atoms with Gasteiger partial charge in [0.15, 0.2) is 0 Å². The molecular weight excluding hydrogens is 186 g/mol. The van der Waals surface area contributed by atoms with Crippen molar-refractivity contribution in [1.29, 1.82) is 0 Å². The van der Waals surface area contributed by atoms with Crippen LogP contribution in [0.25, 0.3) is 0 Å². The molecule has 0 aromatic heterocycles. The molecule has 0 aromatic rings. The first-order valence-corrected chi connectivity index (χ1v) is 4.55. The minimum Gasteiger partial charge on any atom is -0.480 e. The van der Waals surface area contributed by atoms with Crippen LogP contribution in [0.4, 0.5) is 0 Å². The van der Waals surface area contributed by atoms with E-state index in [0.717, 1.165) is 0 Å². The van der Waals surface area contributed by atoms with Crippen LogP contribution in [0.1, 0.15) is 27.2 Å². The predicted octanol–water partition coefficient (Wildman–Crippen LogP) is -0.0173. The first-order valence-electron chi connectivity index (χ1n) is 4.55. The van der Waals surface area contributed by atoms with Crippen molar-refractivity contribution in [1.82, 2.24) is 5.32 Å². The lowest BCUT2D eigenvalue weighted by molar-refractivity contribution is -0.143. The summed E-state index contributed by atoms with van der Waals surface area (Å²) in [4.78, 5) is 21.6. The fourth-order valence-corrected chi connectivity index (χ4v) is 0.925. The number of aliphatic hydroxyl groups excluding tert-OH is 1. The summed E-state index contributed by atoms with van der Waals surface area (Å²) < 4.78 is 0. The highest BCUT2D eigenvalue weighted by atomic mass is 16.4. The Balaban J connectivity index is 4.01. The third-order valence-electron chi connectivity index (χ3n) is 1.73. The van der Waals surface area contributed by atoms with Gasteiger partial charge in [0, 0.05) is 0 Å². The zero-order valence-electron chi connectivity index (χ0n) is 8.65. The van der Waals surface area contributed by atoms with Gasteiger partial charge >= 0.3 is 5.97 Å². The molecule has 0 unspecified atom stereocenters. The van der Waals surface area contributed by atoms with E-state index in [4.69, 9.17) is 5.11 Å². The zero-order valence-corrected chi connectivity index (χ0v) is 8.65. The van der Waals surface area contributed by atoms with E-state index in [1.807, 2.05) is 13.8 Å². The highest BCUT2D eigenvalue weighted by Crippen LogP contribution is 2.04. The summed E-state index contributed by atoms with van der Waals surface area (Å²) in [6.07, 6.45) is -0.796. The number of carboxylic acid groups (broad SMARTS) is 1. The first kappa shape index (κ1) is 12.9. The van der Waals surface area contributed by atoms with E-state index < -0.39 is 24.0 Å². The Kier molecular flexibility index (Phi) is 5.15. The largest absolute Gasteiger partial charge is 0.480 e. The van der Waals surface area contributed by atoms with Gasteiger partial charge in [-0.05, 0) is 19.3 Å². The lowest BCUT2D eigenvalue weighted by Gasteiger charge is -2.15. The molecule has 0 aliphatic rings. The molecule has 0 aliphatic carbocycles. The SMILES string of the molecule is CC(C)C[C@@H](O)C(=O)N[C@@H](C)C(=O)O. The van der Waals surface area contributed by atoms with Crippen molar-refractivity contribution in [3.05, 3.63) is 0 Å². The van der Waals surface area contributed by atoms with E-state index in [1.165, 1.54) is 6.92 Å². The van der Waals surface area contributed by atoms with Crippen LogP contribution in [0.5, 0.6) is 0 Å². The van der Waals surface area contributed by atoms with Crippen LogP contribution in [-0.2, 0) is 9.59 Å². The van der Waals surface area contributed by atoms with Crippen LogP contribution in [0.3, 0.4) is 0 Å². The average molecular weight is 203 g/mol. The van der Waals surface area contributed by atoms with Gasteiger partial charge < -0.3 is 15.5 Å². The van der Waals surface area contributed by atoms with Crippen LogP contribution in [0, 0.1) is 5.92 Å². The molecule has 1 amide bonds. The van der Waals surface area contributed by atoms with Gasteiger partial charge in [-0.1, -0.05) is 13.8 Å². The number of carbonyl (C=O) groups is 2. The minimum atomic E-state index is -1.13. The van der Waals surface area contributed by atoms with Crippen molar-refractivity contribution in [2.24, 2.45) is 5.92 Å². The number of amides is 1. The van der Waals surface area contributed by atoms with Crippen molar-refractivity contribution >= 4 is 11.9 Å². The maximum absolute atomic E-state index is 11.2.